The van der Waals surface area contributed by atoms with Gasteiger partial charge in [-0.2, -0.15) is 0 Å². The van der Waals surface area contributed by atoms with E-state index in [4.69, 9.17) is 27.9 Å². The normalized spacial score (nSPS) is 27.8. The van der Waals surface area contributed by atoms with E-state index in [1.807, 2.05) is 0 Å². The largest absolute Gasteiger partial charge is 0.445 e. The molecule has 2 fully saturated rings. The van der Waals surface area contributed by atoms with Crippen LogP contribution in [0.15, 0.2) is 18.2 Å². The number of halogens is 2. The van der Waals surface area contributed by atoms with Crippen LogP contribution in [0.2, 0.25) is 10.0 Å². The van der Waals surface area contributed by atoms with Crippen molar-refractivity contribution in [1.82, 2.24) is 4.90 Å². The molecule has 1 saturated heterocycles. The third kappa shape index (κ3) is 3.44. The lowest BCUT2D eigenvalue weighted by Crippen LogP contribution is -2.30. The van der Waals surface area contributed by atoms with Crippen molar-refractivity contribution in [2.75, 3.05) is 13.1 Å². The third-order valence-corrected chi connectivity index (χ3v) is 4.71. The number of aliphatic hydroxyl groups is 1. The van der Waals surface area contributed by atoms with Crippen molar-refractivity contribution >= 4 is 29.3 Å². The number of carbonyl (C=O) groups excluding carboxylic acids is 1. The molecule has 1 aromatic carbocycles. The Balaban J connectivity index is 1.53. The van der Waals surface area contributed by atoms with Gasteiger partial charge in [-0.15, -0.1) is 0 Å². The van der Waals surface area contributed by atoms with Crippen molar-refractivity contribution < 1.29 is 14.6 Å². The number of fused-ring (bicyclic) bond motifs is 1. The Morgan fingerprint density at radius 2 is 1.76 bits per heavy atom. The number of carbonyl (C=O) groups is 1. The van der Waals surface area contributed by atoms with Gasteiger partial charge in [0.2, 0.25) is 0 Å². The molecule has 0 spiro atoms. The smallest absolute Gasteiger partial charge is 0.410 e. The van der Waals surface area contributed by atoms with Crippen molar-refractivity contribution in [1.29, 1.82) is 0 Å². The molecule has 1 aromatic rings. The number of ether oxygens (including phenoxy) is 1. The van der Waals surface area contributed by atoms with Gasteiger partial charge in [0, 0.05) is 23.1 Å². The van der Waals surface area contributed by atoms with Gasteiger partial charge in [0.25, 0.3) is 0 Å². The predicted octanol–water partition coefficient (Wildman–Crippen LogP) is 3.33. The maximum absolute atomic E-state index is 12.1. The van der Waals surface area contributed by atoms with Gasteiger partial charge >= 0.3 is 6.09 Å². The topological polar surface area (TPSA) is 49.8 Å². The Morgan fingerprint density at radius 1 is 1.19 bits per heavy atom. The van der Waals surface area contributed by atoms with Crippen LogP contribution in [0, 0.1) is 11.8 Å². The molecule has 1 N–H and O–H groups in total. The summed E-state index contributed by atoms with van der Waals surface area (Å²) in [4.78, 5) is 13.8. The van der Waals surface area contributed by atoms with Crippen LogP contribution in [0.4, 0.5) is 4.79 Å². The second-order valence-corrected chi connectivity index (χ2v) is 6.76. The molecular formula is C15H17Cl2NO3. The van der Waals surface area contributed by atoms with Crippen LogP contribution in [0.3, 0.4) is 0 Å². The number of nitrogens with zero attached hydrogens (tertiary/aromatic N) is 1. The van der Waals surface area contributed by atoms with E-state index < -0.39 is 0 Å². The minimum Gasteiger partial charge on any atom is -0.445 e. The molecule has 2 aliphatic rings. The number of benzene rings is 1. The molecule has 1 heterocycles. The van der Waals surface area contributed by atoms with Crippen LogP contribution < -0.4 is 0 Å². The Bertz CT molecular complexity index is 517. The maximum atomic E-state index is 12.1. The van der Waals surface area contributed by atoms with Gasteiger partial charge in [0.05, 0.1) is 6.10 Å². The van der Waals surface area contributed by atoms with Crippen molar-refractivity contribution in [2.24, 2.45) is 11.8 Å². The van der Waals surface area contributed by atoms with Gasteiger partial charge < -0.3 is 14.7 Å². The average Bonchev–Trinajstić information content (AvgIpc) is 2.92. The maximum Gasteiger partial charge on any atom is 0.410 e. The van der Waals surface area contributed by atoms with E-state index >= 15 is 0 Å². The molecule has 3 atom stereocenters. The van der Waals surface area contributed by atoms with E-state index in [9.17, 15) is 9.90 Å². The van der Waals surface area contributed by atoms with Crippen LogP contribution in [-0.2, 0) is 11.3 Å². The molecule has 3 rings (SSSR count). The fourth-order valence-corrected chi connectivity index (χ4v) is 3.92. The van der Waals surface area contributed by atoms with Gasteiger partial charge in [-0.1, -0.05) is 23.2 Å². The predicted molar refractivity (Wildman–Crippen MR) is 80.4 cm³/mol. The fourth-order valence-electron chi connectivity index (χ4n) is 3.35. The van der Waals surface area contributed by atoms with E-state index in [1.165, 1.54) is 0 Å². The van der Waals surface area contributed by atoms with Gasteiger partial charge in [0.15, 0.2) is 0 Å². The lowest BCUT2D eigenvalue weighted by molar-refractivity contribution is 0.0972. The average molecular weight is 330 g/mol. The number of amides is 1. The molecule has 0 radical (unpaired) electrons. The second kappa shape index (κ2) is 6.03. The summed E-state index contributed by atoms with van der Waals surface area (Å²) in [6.07, 6.45) is 1.07. The van der Waals surface area contributed by atoms with Gasteiger partial charge in [-0.3, -0.25) is 0 Å². The zero-order chi connectivity index (χ0) is 15.0. The van der Waals surface area contributed by atoms with E-state index in [0.717, 1.165) is 18.4 Å². The first kappa shape index (κ1) is 14.9. The summed E-state index contributed by atoms with van der Waals surface area (Å²) in [6, 6.07) is 5.10. The SMILES string of the molecule is O=C(OCc1cc(Cl)cc(Cl)c1)N1C[C@H]2CC(O)C[C@H]2C1. The number of aliphatic hydroxyl groups excluding tert-OH is 1. The molecule has 1 aliphatic carbocycles. The molecule has 6 heteroatoms. The minimum atomic E-state index is -0.310. The molecule has 114 valence electrons. The van der Waals surface area contributed by atoms with E-state index in [2.05, 4.69) is 0 Å². The molecule has 1 saturated carbocycles. The Kier molecular flexibility index (Phi) is 4.29. The molecule has 4 nitrogen and oxygen atoms in total. The molecule has 21 heavy (non-hydrogen) atoms. The summed E-state index contributed by atoms with van der Waals surface area (Å²) in [6.45, 7) is 1.52. The summed E-state index contributed by atoms with van der Waals surface area (Å²) in [5.41, 5.74) is 0.774. The minimum absolute atomic E-state index is 0.160. The number of likely N-dealkylation sites (tertiary alicyclic amines) is 1. The molecule has 1 unspecified atom stereocenters. The molecule has 0 bridgehead atoms. The first-order chi connectivity index (χ1) is 10.0. The lowest BCUT2D eigenvalue weighted by Gasteiger charge is -2.18. The second-order valence-electron chi connectivity index (χ2n) is 5.88. The highest BCUT2D eigenvalue weighted by Gasteiger charge is 2.42. The highest BCUT2D eigenvalue weighted by molar-refractivity contribution is 6.34. The van der Waals surface area contributed by atoms with Gasteiger partial charge in [-0.05, 0) is 48.4 Å². The van der Waals surface area contributed by atoms with Gasteiger partial charge in [0.1, 0.15) is 6.61 Å². The molecular weight excluding hydrogens is 313 g/mol. The fraction of sp³-hybridized carbons (Fsp3) is 0.533. The highest BCUT2D eigenvalue weighted by Crippen LogP contribution is 2.38. The summed E-state index contributed by atoms with van der Waals surface area (Å²) in [5, 5.41) is 10.7. The Labute approximate surface area is 133 Å². The molecule has 0 aromatic heterocycles. The van der Waals surface area contributed by atoms with E-state index in [0.29, 0.717) is 35.0 Å². The Hall–Kier alpha value is -0.970. The highest BCUT2D eigenvalue weighted by atomic mass is 35.5. The number of rotatable bonds is 2. The van der Waals surface area contributed by atoms with Crippen molar-refractivity contribution in [2.45, 2.75) is 25.6 Å². The van der Waals surface area contributed by atoms with Crippen molar-refractivity contribution in [3.63, 3.8) is 0 Å². The van der Waals surface area contributed by atoms with Crippen molar-refractivity contribution in [3.8, 4) is 0 Å². The summed E-state index contributed by atoms with van der Waals surface area (Å²) < 4.78 is 5.32. The quantitative estimate of drug-likeness (QED) is 0.905. The van der Waals surface area contributed by atoms with Crippen LogP contribution in [0.1, 0.15) is 18.4 Å². The van der Waals surface area contributed by atoms with Crippen LogP contribution in [0.5, 0.6) is 0 Å². The third-order valence-electron chi connectivity index (χ3n) is 4.27. The van der Waals surface area contributed by atoms with Crippen LogP contribution >= 0.6 is 23.2 Å². The molecule has 1 amide bonds. The van der Waals surface area contributed by atoms with Crippen LogP contribution in [0.25, 0.3) is 0 Å². The Morgan fingerprint density at radius 3 is 2.33 bits per heavy atom. The first-order valence-corrected chi connectivity index (χ1v) is 7.81. The summed E-state index contributed by atoms with van der Waals surface area (Å²) in [5.74, 6) is 0.821. The zero-order valence-electron chi connectivity index (χ0n) is 11.5. The van der Waals surface area contributed by atoms with E-state index in [-0.39, 0.29) is 18.8 Å². The number of hydrogen-bond donors (Lipinski definition) is 1. The van der Waals surface area contributed by atoms with Gasteiger partial charge in [-0.25, -0.2) is 4.79 Å². The monoisotopic (exact) mass is 329 g/mol. The molecule has 1 aliphatic heterocycles. The first-order valence-electron chi connectivity index (χ1n) is 7.06. The summed E-state index contributed by atoms with van der Waals surface area (Å²) >= 11 is 11.8. The zero-order valence-corrected chi connectivity index (χ0v) is 13.0. The summed E-state index contributed by atoms with van der Waals surface area (Å²) in [7, 11) is 0. The lowest BCUT2D eigenvalue weighted by atomic mass is 10.0. The van der Waals surface area contributed by atoms with E-state index in [1.54, 1.807) is 23.1 Å². The standard InChI is InChI=1S/C15H17Cl2NO3/c16-12-1-9(2-13(17)5-12)8-21-15(20)18-6-10-3-14(19)4-11(10)7-18/h1-2,5,10-11,14,19H,3-4,6-8H2/t10-,11+,14?. The van der Waals surface area contributed by atoms with Crippen molar-refractivity contribution in [3.05, 3.63) is 33.8 Å². The number of hydrogen-bond acceptors (Lipinski definition) is 3. The van der Waals surface area contributed by atoms with Crippen LogP contribution in [-0.4, -0.2) is 35.3 Å².